The van der Waals surface area contributed by atoms with Crippen LogP contribution in [-0.4, -0.2) is 16.7 Å². The molecule has 0 radical (unpaired) electrons. The zero-order chi connectivity index (χ0) is 23.3. The summed E-state index contributed by atoms with van der Waals surface area (Å²) in [5.41, 5.74) is 3.57. The number of hydrogen-bond donors (Lipinski definition) is 0. The van der Waals surface area contributed by atoms with Gasteiger partial charge in [0.2, 0.25) is 18.2 Å². The van der Waals surface area contributed by atoms with E-state index in [1.807, 2.05) is 64.1 Å². The average Bonchev–Trinajstić information content (AvgIpc) is 2.86. The molecular formula is C28H37O3P. The predicted octanol–water partition coefficient (Wildman–Crippen LogP) is 7.61. The lowest BCUT2D eigenvalue weighted by Crippen LogP contribution is -2.26. The van der Waals surface area contributed by atoms with Crippen LogP contribution >= 0.6 is 7.14 Å². The lowest BCUT2D eigenvalue weighted by Gasteiger charge is -2.30. The van der Waals surface area contributed by atoms with Crippen LogP contribution < -0.4 is 0 Å². The molecule has 0 heterocycles. The summed E-state index contributed by atoms with van der Waals surface area (Å²) in [7, 11) is -3.86. The molecule has 4 heteroatoms. The summed E-state index contributed by atoms with van der Waals surface area (Å²) < 4.78 is 14.9. The van der Waals surface area contributed by atoms with E-state index in [-0.39, 0.29) is 5.66 Å². The molecule has 0 spiro atoms. The first kappa shape index (κ1) is 24.6. The molecule has 0 aliphatic heterocycles. The van der Waals surface area contributed by atoms with Crippen molar-refractivity contribution in [1.82, 2.24) is 0 Å². The quantitative estimate of drug-likeness (QED) is 0.368. The first-order valence-corrected chi connectivity index (χ1v) is 14.1. The van der Waals surface area contributed by atoms with Gasteiger partial charge >= 0.3 is 0 Å². The maximum absolute atomic E-state index is 14.9. The van der Waals surface area contributed by atoms with E-state index in [0.29, 0.717) is 49.7 Å². The molecule has 0 bridgehead atoms. The maximum Gasteiger partial charge on any atom is 0.229 e. The van der Waals surface area contributed by atoms with E-state index in [4.69, 9.17) is 0 Å². The summed E-state index contributed by atoms with van der Waals surface area (Å²) in [6.45, 7) is 8.06. The van der Waals surface area contributed by atoms with Gasteiger partial charge in [0.15, 0.2) is 0 Å². The summed E-state index contributed by atoms with van der Waals surface area (Å²) in [4.78, 5) is 28.5. The lowest BCUT2D eigenvalue weighted by atomic mass is 9.98. The van der Waals surface area contributed by atoms with Crippen LogP contribution in [0.4, 0.5) is 0 Å². The largest absolute Gasteiger partial charge is 0.306 e. The Kier molecular flexibility index (Phi) is 8.28. The first-order valence-electron chi connectivity index (χ1n) is 12.3. The van der Waals surface area contributed by atoms with Gasteiger partial charge in [-0.15, -0.1) is 0 Å². The van der Waals surface area contributed by atoms with E-state index in [0.717, 1.165) is 41.5 Å². The van der Waals surface area contributed by atoms with Crippen molar-refractivity contribution in [3.63, 3.8) is 0 Å². The van der Waals surface area contributed by atoms with Crippen molar-refractivity contribution in [2.75, 3.05) is 0 Å². The predicted molar refractivity (Wildman–Crippen MR) is 134 cm³/mol. The first-order chi connectivity index (χ1) is 15.4. The third kappa shape index (κ3) is 4.42. The Balaban J connectivity index is 2.26. The molecule has 1 fully saturated rings. The molecule has 32 heavy (non-hydrogen) atoms. The fourth-order valence-corrected chi connectivity index (χ4v) is 8.41. The van der Waals surface area contributed by atoms with Crippen LogP contribution in [0.15, 0.2) is 36.4 Å². The topological polar surface area (TPSA) is 51.2 Å². The Labute approximate surface area is 193 Å². The second-order valence-electron chi connectivity index (χ2n) is 8.88. The van der Waals surface area contributed by atoms with E-state index < -0.39 is 18.2 Å². The Hall–Kier alpha value is -1.99. The number of carbonyl (C=O) groups is 2. The number of hydrogen-bond acceptors (Lipinski definition) is 3. The highest BCUT2D eigenvalue weighted by atomic mass is 31.2. The van der Waals surface area contributed by atoms with E-state index in [1.54, 1.807) is 0 Å². The lowest BCUT2D eigenvalue weighted by molar-refractivity contribution is 0.103. The zero-order valence-corrected chi connectivity index (χ0v) is 21.0. The number of benzene rings is 2. The fourth-order valence-electron chi connectivity index (χ4n) is 5.24. The van der Waals surface area contributed by atoms with Gasteiger partial charge in [0.1, 0.15) is 0 Å². The van der Waals surface area contributed by atoms with Crippen molar-refractivity contribution < 1.29 is 14.2 Å². The standard InChI is InChI=1S/C28H37O3P/c1-5-20-14-12-15-21(6-2)25(20)27(29)32(31,24-18-10-9-11-19-24)28(30)26-22(7-3)16-13-17-23(26)8-4/h12-17,24H,5-11,18-19H2,1-4H3. The normalized spacial score (nSPS) is 15.0. The minimum atomic E-state index is -3.86. The van der Waals surface area contributed by atoms with Gasteiger partial charge in [-0.2, -0.15) is 0 Å². The van der Waals surface area contributed by atoms with Crippen LogP contribution in [0.3, 0.4) is 0 Å². The molecule has 0 unspecified atom stereocenters. The molecule has 1 aliphatic rings. The van der Waals surface area contributed by atoms with E-state index >= 15 is 0 Å². The Morgan fingerprint density at radius 1 is 0.688 bits per heavy atom. The van der Waals surface area contributed by atoms with Crippen LogP contribution in [0.1, 0.15) is 103 Å². The molecule has 1 aliphatic carbocycles. The van der Waals surface area contributed by atoms with Crippen molar-refractivity contribution in [1.29, 1.82) is 0 Å². The third-order valence-corrected chi connectivity index (χ3v) is 10.3. The molecule has 0 aromatic heterocycles. The van der Waals surface area contributed by atoms with E-state index in [2.05, 4.69) is 0 Å². The Morgan fingerprint density at radius 2 is 1.03 bits per heavy atom. The molecule has 3 rings (SSSR count). The molecule has 3 nitrogen and oxygen atoms in total. The van der Waals surface area contributed by atoms with Crippen LogP contribution in [0.5, 0.6) is 0 Å². The maximum atomic E-state index is 14.9. The van der Waals surface area contributed by atoms with Crippen molar-refractivity contribution >= 4 is 18.2 Å². The highest BCUT2D eigenvalue weighted by Gasteiger charge is 2.49. The molecule has 0 N–H and O–H groups in total. The van der Waals surface area contributed by atoms with Gasteiger partial charge in [-0.25, -0.2) is 0 Å². The van der Waals surface area contributed by atoms with Crippen LogP contribution in [0.2, 0.25) is 0 Å². The number of carbonyl (C=O) groups excluding carboxylic acids is 2. The highest BCUT2D eigenvalue weighted by molar-refractivity contribution is 7.96. The van der Waals surface area contributed by atoms with E-state index in [9.17, 15) is 14.2 Å². The smallest absolute Gasteiger partial charge is 0.229 e. The molecule has 0 saturated heterocycles. The second kappa shape index (κ2) is 10.8. The van der Waals surface area contributed by atoms with Crippen LogP contribution in [-0.2, 0) is 30.2 Å². The Morgan fingerprint density at radius 3 is 1.34 bits per heavy atom. The minimum absolute atomic E-state index is 0.347. The average molecular weight is 453 g/mol. The van der Waals surface area contributed by atoms with Crippen LogP contribution in [0, 0.1) is 0 Å². The summed E-state index contributed by atoms with van der Waals surface area (Å²) in [5, 5.41) is 0. The van der Waals surface area contributed by atoms with Gasteiger partial charge in [-0.3, -0.25) is 9.59 Å². The van der Waals surface area contributed by atoms with Gasteiger partial charge in [-0.05, 0) is 60.8 Å². The molecule has 1 saturated carbocycles. The minimum Gasteiger partial charge on any atom is -0.306 e. The highest BCUT2D eigenvalue weighted by Crippen LogP contribution is 2.61. The van der Waals surface area contributed by atoms with Gasteiger partial charge in [-0.1, -0.05) is 83.4 Å². The summed E-state index contributed by atoms with van der Waals surface area (Å²) in [6.07, 6.45) is 7.05. The number of rotatable bonds is 9. The summed E-state index contributed by atoms with van der Waals surface area (Å²) >= 11 is 0. The molecule has 2 aromatic carbocycles. The summed E-state index contributed by atoms with van der Waals surface area (Å²) in [6, 6.07) is 11.7. The number of aryl methyl sites for hydroxylation is 4. The Bertz CT molecular complexity index is 915. The third-order valence-electron chi connectivity index (χ3n) is 7.12. The molecule has 0 amide bonds. The van der Waals surface area contributed by atoms with Gasteiger partial charge in [0.05, 0.1) is 0 Å². The zero-order valence-electron chi connectivity index (χ0n) is 20.1. The van der Waals surface area contributed by atoms with Crippen LogP contribution in [0.25, 0.3) is 0 Å². The molecular weight excluding hydrogens is 415 g/mol. The monoisotopic (exact) mass is 452 g/mol. The molecule has 2 aromatic rings. The molecule has 172 valence electrons. The van der Waals surface area contributed by atoms with Gasteiger partial charge < -0.3 is 4.57 Å². The van der Waals surface area contributed by atoms with Crippen molar-refractivity contribution in [2.24, 2.45) is 0 Å². The van der Waals surface area contributed by atoms with Gasteiger partial charge in [0.25, 0.3) is 0 Å². The van der Waals surface area contributed by atoms with E-state index in [1.165, 1.54) is 0 Å². The fraction of sp³-hybridized carbons (Fsp3) is 0.500. The van der Waals surface area contributed by atoms with Gasteiger partial charge in [0, 0.05) is 16.8 Å². The van der Waals surface area contributed by atoms with Crippen molar-refractivity contribution in [3.8, 4) is 0 Å². The van der Waals surface area contributed by atoms with Crippen molar-refractivity contribution in [2.45, 2.75) is 91.1 Å². The SMILES string of the molecule is CCc1cccc(CC)c1C(=O)P(=O)(C(=O)c1c(CC)cccc1CC)C1CCCCC1. The second-order valence-corrected chi connectivity index (χ2v) is 11.7. The molecule has 0 atom stereocenters. The summed E-state index contributed by atoms with van der Waals surface area (Å²) in [5.74, 6) is 0. The van der Waals surface area contributed by atoms with Crippen molar-refractivity contribution in [3.05, 3.63) is 69.8 Å².